The minimum atomic E-state index is -0.472. The summed E-state index contributed by atoms with van der Waals surface area (Å²) in [6, 6.07) is 14.5. The molecule has 146 valence electrons. The number of aryl methyl sites for hydroxylation is 1. The normalized spacial score (nSPS) is 11.0. The lowest BCUT2D eigenvalue weighted by Gasteiger charge is -2.10. The van der Waals surface area contributed by atoms with Crippen LogP contribution >= 0.6 is 11.6 Å². The van der Waals surface area contributed by atoms with Gasteiger partial charge in [0.2, 0.25) is 0 Å². The second-order valence-corrected chi connectivity index (χ2v) is 7.02. The zero-order valence-corrected chi connectivity index (χ0v) is 17.1. The van der Waals surface area contributed by atoms with Gasteiger partial charge >= 0.3 is 0 Å². The molecule has 1 amide bonds. The summed E-state index contributed by atoms with van der Waals surface area (Å²) in [4.78, 5) is 12.5. The summed E-state index contributed by atoms with van der Waals surface area (Å²) in [6.07, 6.45) is 5.91. The van der Waals surface area contributed by atoms with Gasteiger partial charge in [0, 0.05) is 16.3 Å². The maximum atomic E-state index is 12.5. The van der Waals surface area contributed by atoms with Crippen molar-refractivity contribution < 1.29 is 9.53 Å². The first kappa shape index (κ1) is 21.5. The van der Waals surface area contributed by atoms with Crippen LogP contribution in [0.5, 0.6) is 5.75 Å². The van der Waals surface area contributed by atoms with Gasteiger partial charge in [-0.1, -0.05) is 55.5 Å². The molecule has 0 heterocycles. The standard InChI is InChI=1S/C23H25ClN2O2/c1-3-4-5-6-13-28-22-12-9-20(24)15-18(22)14-19(16-25)23(27)26-21-10-7-17(2)8-11-21/h7-12,14-15H,3-6,13H2,1-2H3,(H,26,27)/b19-14-. The molecule has 0 atom stereocenters. The van der Waals surface area contributed by atoms with Crippen LogP contribution in [0.15, 0.2) is 48.0 Å². The van der Waals surface area contributed by atoms with Crippen LogP contribution in [0.4, 0.5) is 5.69 Å². The molecular weight excluding hydrogens is 372 g/mol. The van der Waals surface area contributed by atoms with Crippen LogP contribution in [0.25, 0.3) is 6.08 Å². The van der Waals surface area contributed by atoms with Crippen LogP contribution in [0, 0.1) is 18.3 Å². The molecule has 0 saturated heterocycles. The molecule has 0 spiro atoms. The molecule has 28 heavy (non-hydrogen) atoms. The van der Waals surface area contributed by atoms with Crippen molar-refractivity contribution in [2.75, 3.05) is 11.9 Å². The maximum Gasteiger partial charge on any atom is 0.266 e. The van der Waals surface area contributed by atoms with Gasteiger partial charge in [0.15, 0.2) is 0 Å². The molecule has 4 nitrogen and oxygen atoms in total. The molecule has 2 rings (SSSR count). The molecule has 0 aliphatic carbocycles. The van der Waals surface area contributed by atoms with E-state index in [1.165, 1.54) is 12.5 Å². The summed E-state index contributed by atoms with van der Waals surface area (Å²) >= 11 is 6.10. The van der Waals surface area contributed by atoms with Crippen molar-refractivity contribution in [2.45, 2.75) is 39.5 Å². The smallest absolute Gasteiger partial charge is 0.266 e. The number of rotatable bonds is 9. The van der Waals surface area contributed by atoms with E-state index in [-0.39, 0.29) is 5.57 Å². The Morgan fingerprint density at radius 1 is 1.18 bits per heavy atom. The van der Waals surface area contributed by atoms with Gasteiger partial charge in [-0.05, 0) is 49.8 Å². The van der Waals surface area contributed by atoms with Gasteiger partial charge < -0.3 is 10.1 Å². The van der Waals surface area contributed by atoms with Gasteiger partial charge in [-0.15, -0.1) is 0 Å². The van der Waals surface area contributed by atoms with Gasteiger partial charge in [0.05, 0.1) is 6.61 Å². The molecule has 0 radical (unpaired) electrons. The van der Waals surface area contributed by atoms with Crippen molar-refractivity contribution in [1.82, 2.24) is 0 Å². The Balaban J connectivity index is 2.15. The van der Waals surface area contributed by atoms with E-state index < -0.39 is 5.91 Å². The summed E-state index contributed by atoms with van der Waals surface area (Å²) < 4.78 is 5.85. The number of nitriles is 1. The lowest BCUT2D eigenvalue weighted by atomic mass is 10.1. The Bertz CT molecular complexity index is 867. The first-order valence-corrected chi connectivity index (χ1v) is 9.83. The number of hydrogen-bond acceptors (Lipinski definition) is 3. The summed E-state index contributed by atoms with van der Waals surface area (Å²) in [7, 11) is 0. The molecule has 0 bridgehead atoms. The molecular formula is C23H25ClN2O2. The molecule has 5 heteroatoms. The lowest BCUT2D eigenvalue weighted by molar-refractivity contribution is -0.112. The van der Waals surface area contributed by atoms with Crippen molar-refractivity contribution in [3.8, 4) is 11.8 Å². The third-order valence-electron chi connectivity index (χ3n) is 4.20. The Labute approximate surface area is 171 Å². The summed E-state index contributed by atoms with van der Waals surface area (Å²) in [5.41, 5.74) is 2.32. The molecule has 1 N–H and O–H groups in total. The second-order valence-electron chi connectivity index (χ2n) is 6.58. The number of carbonyl (C=O) groups is 1. The fourth-order valence-corrected chi connectivity index (χ4v) is 2.79. The fraction of sp³-hybridized carbons (Fsp3) is 0.304. The first-order valence-electron chi connectivity index (χ1n) is 9.45. The molecule has 0 saturated carbocycles. The third-order valence-corrected chi connectivity index (χ3v) is 4.44. The van der Waals surface area contributed by atoms with E-state index in [4.69, 9.17) is 16.3 Å². The van der Waals surface area contributed by atoms with Gasteiger partial charge in [0.25, 0.3) is 5.91 Å². The average molecular weight is 397 g/mol. The Kier molecular flexibility index (Phi) is 8.58. The van der Waals surface area contributed by atoms with E-state index in [2.05, 4.69) is 12.2 Å². The number of benzene rings is 2. The van der Waals surface area contributed by atoms with Gasteiger partial charge in [-0.3, -0.25) is 4.79 Å². The molecule has 2 aromatic rings. The van der Waals surface area contributed by atoms with Crippen molar-refractivity contribution in [1.29, 1.82) is 5.26 Å². The Morgan fingerprint density at radius 3 is 2.61 bits per heavy atom. The minimum Gasteiger partial charge on any atom is -0.493 e. The number of anilines is 1. The summed E-state index contributed by atoms with van der Waals surface area (Å²) in [6.45, 7) is 4.71. The molecule has 2 aromatic carbocycles. The van der Waals surface area contributed by atoms with E-state index in [0.29, 0.717) is 28.6 Å². The predicted octanol–water partition coefficient (Wildman–Crippen LogP) is 6.15. The lowest BCUT2D eigenvalue weighted by Crippen LogP contribution is -2.13. The third kappa shape index (κ3) is 6.75. The van der Waals surface area contributed by atoms with Crippen molar-refractivity contribution in [3.05, 3.63) is 64.2 Å². The van der Waals surface area contributed by atoms with Gasteiger partial charge in [-0.25, -0.2) is 0 Å². The number of nitrogens with zero attached hydrogens (tertiary/aromatic N) is 1. The number of ether oxygens (including phenoxy) is 1. The van der Waals surface area contributed by atoms with E-state index >= 15 is 0 Å². The monoisotopic (exact) mass is 396 g/mol. The molecule has 0 aliphatic rings. The van der Waals surface area contributed by atoms with Crippen molar-refractivity contribution in [3.63, 3.8) is 0 Å². The summed E-state index contributed by atoms with van der Waals surface area (Å²) in [5.74, 6) is 0.136. The van der Waals surface area contributed by atoms with E-state index in [1.807, 2.05) is 25.1 Å². The Morgan fingerprint density at radius 2 is 1.93 bits per heavy atom. The van der Waals surface area contributed by atoms with Crippen molar-refractivity contribution in [2.24, 2.45) is 0 Å². The maximum absolute atomic E-state index is 12.5. The highest BCUT2D eigenvalue weighted by molar-refractivity contribution is 6.30. The topological polar surface area (TPSA) is 62.1 Å². The largest absolute Gasteiger partial charge is 0.493 e. The molecule has 0 unspecified atom stereocenters. The van der Waals surface area contributed by atoms with Gasteiger partial charge in [-0.2, -0.15) is 5.26 Å². The van der Waals surface area contributed by atoms with E-state index in [0.717, 1.165) is 24.8 Å². The van der Waals surface area contributed by atoms with Crippen molar-refractivity contribution >= 4 is 29.3 Å². The predicted molar refractivity (Wildman–Crippen MR) is 114 cm³/mol. The number of carbonyl (C=O) groups excluding carboxylic acids is 1. The van der Waals surface area contributed by atoms with E-state index in [9.17, 15) is 10.1 Å². The van der Waals surface area contributed by atoms with Crippen LogP contribution in [0.2, 0.25) is 5.02 Å². The number of hydrogen-bond donors (Lipinski definition) is 1. The second kappa shape index (κ2) is 11.2. The molecule has 0 fully saturated rings. The first-order chi connectivity index (χ1) is 13.5. The number of nitrogens with one attached hydrogen (secondary N) is 1. The SMILES string of the molecule is CCCCCCOc1ccc(Cl)cc1/C=C(/C#N)C(=O)Nc1ccc(C)cc1. The van der Waals surface area contributed by atoms with Crippen LogP contribution in [-0.2, 0) is 4.79 Å². The van der Waals surface area contributed by atoms with Crippen LogP contribution in [0.1, 0.15) is 43.7 Å². The van der Waals surface area contributed by atoms with E-state index in [1.54, 1.807) is 30.3 Å². The zero-order valence-electron chi connectivity index (χ0n) is 16.3. The zero-order chi connectivity index (χ0) is 20.4. The highest BCUT2D eigenvalue weighted by Gasteiger charge is 2.12. The average Bonchev–Trinajstić information content (AvgIpc) is 2.69. The minimum absolute atomic E-state index is 0.0151. The number of unbranched alkanes of at least 4 members (excludes halogenated alkanes) is 3. The van der Waals surface area contributed by atoms with Crippen LogP contribution < -0.4 is 10.1 Å². The molecule has 0 aliphatic heterocycles. The number of amides is 1. The highest BCUT2D eigenvalue weighted by Crippen LogP contribution is 2.26. The highest BCUT2D eigenvalue weighted by atomic mass is 35.5. The Hall–Kier alpha value is -2.77. The van der Waals surface area contributed by atoms with Gasteiger partial charge in [0.1, 0.15) is 17.4 Å². The molecule has 0 aromatic heterocycles. The van der Waals surface area contributed by atoms with Crippen LogP contribution in [0.3, 0.4) is 0 Å². The quantitative estimate of drug-likeness (QED) is 0.314. The number of halogens is 1. The van der Waals surface area contributed by atoms with Crippen LogP contribution in [-0.4, -0.2) is 12.5 Å². The summed E-state index contributed by atoms with van der Waals surface area (Å²) in [5, 5.41) is 12.7. The fourth-order valence-electron chi connectivity index (χ4n) is 2.61.